The molecular weight excluding hydrogens is 166 g/mol. The summed E-state index contributed by atoms with van der Waals surface area (Å²) in [5.41, 5.74) is 1.54. The van der Waals surface area contributed by atoms with Crippen molar-refractivity contribution in [2.75, 3.05) is 6.54 Å². The Hall–Kier alpha value is -0.210. The van der Waals surface area contributed by atoms with Crippen LogP contribution in [0.4, 0.5) is 0 Å². The first-order valence-electron chi connectivity index (χ1n) is 4.72. The molecule has 1 atom stereocenters. The lowest BCUT2D eigenvalue weighted by Crippen LogP contribution is -2.22. The van der Waals surface area contributed by atoms with Gasteiger partial charge >= 0.3 is 0 Å². The fourth-order valence-corrected chi connectivity index (χ4v) is 2.74. The van der Waals surface area contributed by atoms with Gasteiger partial charge in [-0.05, 0) is 31.3 Å². The quantitative estimate of drug-likeness (QED) is 0.624. The lowest BCUT2D eigenvalue weighted by molar-refractivity contribution is 0.698. The van der Waals surface area contributed by atoms with E-state index in [-0.39, 0.29) is 0 Å². The Bertz CT molecular complexity index is 202. The van der Waals surface area contributed by atoms with Crippen LogP contribution in [0, 0.1) is 0 Å². The van der Waals surface area contributed by atoms with Gasteiger partial charge in [0.15, 0.2) is 0 Å². The van der Waals surface area contributed by atoms with Gasteiger partial charge in [-0.2, -0.15) is 0 Å². The third kappa shape index (κ3) is 1.93. The Morgan fingerprint density at radius 2 is 2.42 bits per heavy atom. The SMILES string of the molecule is C1=CC(C2CCCNS2)=CCC1. The second-order valence-corrected chi connectivity index (χ2v) is 4.42. The standard InChI is InChI=1S/C10H15NS/c1-2-5-9(6-3-1)10-7-4-8-11-12-10/h2,5-6,10-11H,1,3-4,7-8H2. The molecule has 1 heterocycles. The molecule has 0 spiro atoms. The summed E-state index contributed by atoms with van der Waals surface area (Å²) in [6.45, 7) is 1.18. The van der Waals surface area contributed by atoms with Gasteiger partial charge in [-0.15, -0.1) is 0 Å². The van der Waals surface area contributed by atoms with E-state index in [0.29, 0.717) is 0 Å². The van der Waals surface area contributed by atoms with Gasteiger partial charge in [-0.3, -0.25) is 4.72 Å². The van der Waals surface area contributed by atoms with Crippen molar-refractivity contribution in [1.29, 1.82) is 0 Å². The van der Waals surface area contributed by atoms with Crippen molar-refractivity contribution in [2.45, 2.75) is 30.9 Å². The Balaban J connectivity index is 1.97. The molecule has 2 aliphatic rings. The van der Waals surface area contributed by atoms with Crippen molar-refractivity contribution >= 4 is 11.9 Å². The van der Waals surface area contributed by atoms with Gasteiger partial charge in [0.05, 0.1) is 0 Å². The normalized spacial score (nSPS) is 30.0. The monoisotopic (exact) mass is 181 g/mol. The van der Waals surface area contributed by atoms with Crippen molar-refractivity contribution in [2.24, 2.45) is 0 Å². The van der Waals surface area contributed by atoms with Crippen molar-refractivity contribution in [3.63, 3.8) is 0 Å². The van der Waals surface area contributed by atoms with Crippen molar-refractivity contribution in [3.05, 3.63) is 23.8 Å². The zero-order chi connectivity index (χ0) is 8.23. The zero-order valence-corrected chi connectivity index (χ0v) is 8.07. The summed E-state index contributed by atoms with van der Waals surface area (Å²) in [7, 11) is 0. The van der Waals surface area contributed by atoms with E-state index in [1.165, 1.54) is 32.2 Å². The van der Waals surface area contributed by atoms with Crippen LogP contribution in [0.5, 0.6) is 0 Å². The van der Waals surface area contributed by atoms with E-state index in [2.05, 4.69) is 23.0 Å². The first-order valence-corrected chi connectivity index (χ1v) is 5.60. The number of hydrogen-bond acceptors (Lipinski definition) is 2. The maximum Gasteiger partial charge on any atom is 0.0439 e. The number of hydrogen-bond donors (Lipinski definition) is 1. The van der Waals surface area contributed by atoms with Crippen LogP contribution in [0.15, 0.2) is 23.8 Å². The zero-order valence-electron chi connectivity index (χ0n) is 7.25. The van der Waals surface area contributed by atoms with Gasteiger partial charge in [0.2, 0.25) is 0 Å². The second-order valence-electron chi connectivity index (χ2n) is 3.33. The molecule has 1 aliphatic heterocycles. The van der Waals surface area contributed by atoms with Gasteiger partial charge < -0.3 is 0 Å². The summed E-state index contributed by atoms with van der Waals surface area (Å²) in [6, 6.07) is 0. The summed E-state index contributed by atoms with van der Waals surface area (Å²) in [6.07, 6.45) is 12.1. The molecule has 2 heteroatoms. The molecule has 1 unspecified atom stereocenters. The second kappa shape index (κ2) is 4.15. The molecule has 0 aromatic rings. The molecule has 0 radical (unpaired) electrons. The molecule has 0 aromatic carbocycles. The van der Waals surface area contributed by atoms with E-state index in [0.717, 1.165) is 5.25 Å². The molecule has 1 fully saturated rings. The van der Waals surface area contributed by atoms with Crippen LogP contribution in [-0.2, 0) is 0 Å². The summed E-state index contributed by atoms with van der Waals surface area (Å²) in [5.74, 6) is 0. The van der Waals surface area contributed by atoms with Crippen LogP contribution in [0.3, 0.4) is 0 Å². The predicted octanol–water partition coefficient (Wildman–Crippen LogP) is 2.66. The Morgan fingerprint density at radius 1 is 1.42 bits per heavy atom. The minimum atomic E-state index is 0.718. The maximum absolute atomic E-state index is 3.37. The van der Waals surface area contributed by atoms with Crippen LogP contribution >= 0.6 is 11.9 Å². The number of allylic oxidation sites excluding steroid dienone is 3. The minimum absolute atomic E-state index is 0.718. The Labute approximate surface area is 78.4 Å². The summed E-state index contributed by atoms with van der Waals surface area (Å²) in [4.78, 5) is 0. The summed E-state index contributed by atoms with van der Waals surface area (Å²) in [5, 5.41) is 0.718. The topological polar surface area (TPSA) is 12.0 Å². The average molecular weight is 181 g/mol. The molecule has 1 saturated heterocycles. The molecule has 66 valence electrons. The molecule has 12 heavy (non-hydrogen) atoms. The predicted molar refractivity (Wildman–Crippen MR) is 55.1 cm³/mol. The molecule has 0 amide bonds. The number of rotatable bonds is 1. The van der Waals surface area contributed by atoms with Gasteiger partial charge in [-0.25, -0.2) is 0 Å². The highest BCUT2D eigenvalue weighted by Crippen LogP contribution is 2.28. The summed E-state index contributed by atoms with van der Waals surface area (Å²) < 4.78 is 3.37. The van der Waals surface area contributed by atoms with Crippen LogP contribution in [0.2, 0.25) is 0 Å². The van der Waals surface area contributed by atoms with Crippen molar-refractivity contribution in [1.82, 2.24) is 4.72 Å². The van der Waals surface area contributed by atoms with E-state index in [1.54, 1.807) is 5.57 Å². The van der Waals surface area contributed by atoms with Crippen LogP contribution in [0.25, 0.3) is 0 Å². The van der Waals surface area contributed by atoms with E-state index < -0.39 is 0 Å². The Kier molecular flexibility index (Phi) is 2.90. The van der Waals surface area contributed by atoms with E-state index in [1.807, 2.05) is 11.9 Å². The minimum Gasteiger partial charge on any atom is -0.264 e. The lowest BCUT2D eigenvalue weighted by atomic mass is 10.0. The smallest absolute Gasteiger partial charge is 0.0439 e. The molecule has 1 N–H and O–H groups in total. The number of nitrogens with one attached hydrogen (secondary N) is 1. The fourth-order valence-electron chi connectivity index (χ4n) is 1.69. The lowest BCUT2D eigenvalue weighted by Gasteiger charge is -2.24. The van der Waals surface area contributed by atoms with Gasteiger partial charge in [0, 0.05) is 11.8 Å². The molecule has 1 nitrogen and oxygen atoms in total. The van der Waals surface area contributed by atoms with Crippen LogP contribution in [0.1, 0.15) is 25.7 Å². The third-order valence-electron chi connectivity index (χ3n) is 2.37. The first-order chi connectivity index (χ1) is 5.97. The third-order valence-corrected chi connectivity index (χ3v) is 3.53. The largest absolute Gasteiger partial charge is 0.264 e. The van der Waals surface area contributed by atoms with Crippen molar-refractivity contribution < 1.29 is 0 Å². The van der Waals surface area contributed by atoms with Crippen LogP contribution < -0.4 is 4.72 Å². The molecule has 2 rings (SSSR count). The van der Waals surface area contributed by atoms with E-state index in [9.17, 15) is 0 Å². The maximum atomic E-state index is 3.37. The molecule has 0 bridgehead atoms. The highest BCUT2D eigenvalue weighted by Gasteiger charge is 2.16. The fraction of sp³-hybridized carbons (Fsp3) is 0.600. The van der Waals surface area contributed by atoms with Gasteiger partial charge in [0.25, 0.3) is 0 Å². The summed E-state index contributed by atoms with van der Waals surface area (Å²) >= 11 is 1.90. The van der Waals surface area contributed by atoms with Crippen molar-refractivity contribution in [3.8, 4) is 0 Å². The highest BCUT2D eigenvalue weighted by atomic mass is 32.2. The van der Waals surface area contributed by atoms with E-state index >= 15 is 0 Å². The molecule has 0 saturated carbocycles. The van der Waals surface area contributed by atoms with Gasteiger partial charge in [-0.1, -0.05) is 30.2 Å². The molecule has 0 aromatic heterocycles. The molecule has 1 aliphatic carbocycles. The molecular formula is C10H15NS. The van der Waals surface area contributed by atoms with Crippen LogP contribution in [-0.4, -0.2) is 11.8 Å². The van der Waals surface area contributed by atoms with E-state index in [4.69, 9.17) is 0 Å². The average Bonchev–Trinajstić information content (AvgIpc) is 2.21. The van der Waals surface area contributed by atoms with Gasteiger partial charge in [0.1, 0.15) is 0 Å². The Morgan fingerprint density at radius 3 is 3.08 bits per heavy atom. The highest BCUT2D eigenvalue weighted by molar-refractivity contribution is 7.98. The first kappa shape index (κ1) is 8.39.